The number of rotatable bonds is 4. The van der Waals surface area contributed by atoms with Crippen molar-refractivity contribution in [3.63, 3.8) is 0 Å². The minimum absolute atomic E-state index is 0.419. The Kier molecular flexibility index (Phi) is 4.61. The van der Waals surface area contributed by atoms with Crippen LogP contribution in [0.2, 0.25) is 5.02 Å². The second-order valence-corrected chi connectivity index (χ2v) is 7.26. The van der Waals surface area contributed by atoms with E-state index in [0.29, 0.717) is 28.2 Å². The Labute approximate surface area is 178 Å². The topological polar surface area (TPSA) is 79.4 Å². The number of H-pyrrole nitrogens is 1. The summed E-state index contributed by atoms with van der Waals surface area (Å²) in [4.78, 5) is 13.8. The SMILES string of the molecule is Cc1cccc2c(Nc3nc(-c4ccccn4)cc(-c4ccccc4Cl)n3)n[nH]c12. The molecule has 2 N–H and O–H groups in total. The molecule has 0 spiro atoms. The third-order valence-corrected chi connectivity index (χ3v) is 5.17. The van der Waals surface area contributed by atoms with Crippen LogP contribution in [-0.2, 0) is 0 Å². The number of para-hydroxylation sites is 1. The number of halogens is 1. The molecule has 6 nitrogen and oxygen atoms in total. The second kappa shape index (κ2) is 7.57. The van der Waals surface area contributed by atoms with Crippen molar-refractivity contribution in [2.75, 3.05) is 5.32 Å². The first kappa shape index (κ1) is 18.3. The molecule has 0 atom stereocenters. The van der Waals surface area contributed by atoms with Crippen LogP contribution in [0.25, 0.3) is 33.5 Å². The molecule has 3 aromatic heterocycles. The summed E-state index contributed by atoms with van der Waals surface area (Å²) >= 11 is 6.43. The molecular weight excluding hydrogens is 396 g/mol. The van der Waals surface area contributed by atoms with Gasteiger partial charge in [-0.15, -0.1) is 0 Å². The van der Waals surface area contributed by atoms with Crippen molar-refractivity contribution in [1.82, 2.24) is 25.1 Å². The van der Waals surface area contributed by atoms with Crippen LogP contribution in [0.5, 0.6) is 0 Å². The molecule has 0 radical (unpaired) electrons. The van der Waals surface area contributed by atoms with E-state index in [1.807, 2.05) is 73.7 Å². The maximum absolute atomic E-state index is 6.43. The molecule has 7 heteroatoms. The van der Waals surface area contributed by atoms with Crippen LogP contribution in [0.3, 0.4) is 0 Å². The number of aromatic amines is 1. The molecule has 0 saturated heterocycles. The molecule has 0 bridgehead atoms. The number of anilines is 2. The Bertz CT molecular complexity index is 1350. The van der Waals surface area contributed by atoms with E-state index in [2.05, 4.69) is 25.5 Å². The third kappa shape index (κ3) is 3.38. The quantitative estimate of drug-likeness (QED) is 0.390. The summed E-state index contributed by atoms with van der Waals surface area (Å²) in [5.74, 6) is 1.08. The largest absolute Gasteiger partial charge is 0.307 e. The van der Waals surface area contributed by atoms with E-state index in [1.54, 1.807) is 6.20 Å². The van der Waals surface area contributed by atoms with Crippen LogP contribution in [0.1, 0.15) is 5.56 Å². The van der Waals surface area contributed by atoms with Gasteiger partial charge in [-0.2, -0.15) is 5.10 Å². The molecule has 0 unspecified atom stereocenters. The first-order valence-electron chi connectivity index (χ1n) is 9.45. The van der Waals surface area contributed by atoms with Crippen molar-refractivity contribution in [3.05, 3.63) is 83.5 Å². The number of hydrogen-bond donors (Lipinski definition) is 2. The maximum atomic E-state index is 6.43. The second-order valence-electron chi connectivity index (χ2n) is 6.85. The highest BCUT2D eigenvalue weighted by Gasteiger charge is 2.14. The number of benzene rings is 2. The molecule has 0 fully saturated rings. The summed E-state index contributed by atoms with van der Waals surface area (Å²) in [5, 5.41) is 12.3. The van der Waals surface area contributed by atoms with Crippen LogP contribution in [0, 0.1) is 6.92 Å². The molecule has 2 aromatic carbocycles. The Hall–Kier alpha value is -3.77. The van der Waals surface area contributed by atoms with E-state index < -0.39 is 0 Å². The van der Waals surface area contributed by atoms with Crippen LogP contribution < -0.4 is 5.32 Å². The van der Waals surface area contributed by atoms with Crippen molar-refractivity contribution >= 4 is 34.3 Å². The van der Waals surface area contributed by atoms with Crippen LogP contribution in [0.15, 0.2) is 72.9 Å². The van der Waals surface area contributed by atoms with Gasteiger partial charge in [0.05, 0.1) is 22.6 Å². The van der Waals surface area contributed by atoms with Crippen molar-refractivity contribution in [2.45, 2.75) is 6.92 Å². The highest BCUT2D eigenvalue weighted by atomic mass is 35.5. The molecule has 5 aromatic rings. The van der Waals surface area contributed by atoms with Gasteiger partial charge in [-0.3, -0.25) is 10.1 Å². The van der Waals surface area contributed by atoms with Gasteiger partial charge in [0.25, 0.3) is 0 Å². The summed E-state index contributed by atoms with van der Waals surface area (Å²) in [6.45, 7) is 2.04. The zero-order valence-corrected chi connectivity index (χ0v) is 16.9. The number of pyridine rings is 1. The number of fused-ring (bicyclic) bond motifs is 1. The van der Waals surface area contributed by atoms with Crippen molar-refractivity contribution in [2.24, 2.45) is 0 Å². The highest BCUT2D eigenvalue weighted by Crippen LogP contribution is 2.31. The van der Waals surface area contributed by atoms with Gasteiger partial charge in [-0.05, 0) is 42.8 Å². The lowest BCUT2D eigenvalue weighted by Crippen LogP contribution is -2.01. The van der Waals surface area contributed by atoms with E-state index >= 15 is 0 Å². The van der Waals surface area contributed by atoms with Gasteiger partial charge in [-0.25, -0.2) is 9.97 Å². The predicted octanol–water partition coefficient (Wildman–Crippen LogP) is 5.79. The fraction of sp³-hybridized carbons (Fsp3) is 0.0435. The van der Waals surface area contributed by atoms with Crippen molar-refractivity contribution < 1.29 is 0 Å². The molecule has 30 heavy (non-hydrogen) atoms. The number of aryl methyl sites for hydroxylation is 1. The summed E-state index contributed by atoms with van der Waals surface area (Å²) in [6.07, 6.45) is 1.74. The molecule has 146 valence electrons. The van der Waals surface area contributed by atoms with E-state index in [0.717, 1.165) is 27.7 Å². The van der Waals surface area contributed by atoms with Gasteiger partial charge in [0.1, 0.15) is 0 Å². The molecule has 0 aliphatic carbocycles. The zero-order valence-electron chi connectivity index (χ0n) is 16.1. The standard InChI is InChI=1S/C23H17ClN6/c1-14-7-6-9-16-21(14)29-30-22(16)28-23-26-19(15-8-2-3-10-17(15)24)13-20(27-23)18-11-4-5-12-25-18/h2-13H,1H3,(H2,26,27,28,29,30). The maximum Gasteiger partial charge on any atom is 0.229 e. The smallest absolute Gasteiger partial charge is 0.229 e. The summed E-state index contributed by atoms with van der Waals surface area (Å²) in [5.41, 5.74) is 5.07. The molecule has 0 aliphatic heterocycles. The lowest BCUT2D eigenvalue weighted by molar-refractivity contribution is 1.09. The van der Waals surface area contributed by atoms with Crippen LogP contribution in [-0.4, -0.2) is 25.1 Å². The summed E-state index contributed by atoms with van der Waals surface area (Å²) in [6, 6.07) is 21.2. The van der Waals surface area contributed by atoms with Gasteiger partial charge in [0, 0.05) is 22.2 Å². The number of nitrogens with zero attached hydrogens (tertiary/aromatic N) is 4. The normalized spacial score (nSPS) is 11.0. The minimum atomic E-state index is 0.419. The Balaban J connectivity index is 1.64. The van der Waals surface area contributed by atoms with Crippen molar-refractivity contribution in [1.29, 1.82) is 0 Å². The number of nitrogens with one attached hydrogen (secondary N) is 2. The zero-order chi connectivity index (χ0) is 20.5. The Morgan fingerprint density at radius 2 is 1.70 bits per heavy atom. The molecule has 0 saturated carbocycles. The van der Waals surface area contributed by atoms with E-state index in [1.165, 1.54) is 0 Å². The molecule has 3 heterocycles. The molecule has 0 amide bonds. The fourth-order valence-corrected chi connectivity index (χ4v) is 3.57. The Morgan fingerprint density at radius 1 is 0.867 bits per heavy atom. The van der Waals surface area contributed by atoms with Gasteiger partial charge in [-0.1, -0.05) is 48.0 Å². The number of hydrogen-bond acceptors (Lipinski definition) is 5. The van der Waals surface area contributed by atoms with Gasteiger partial charge in [0.2, 0.25) is 5.95 Å². The molecule has 0 aliphatic rings. The van der Waals surface area contributed by atoms with E-state index in [4.69, 9.17) is 16.6 Å². The van der Waals surface area contributed by atoms with Gasteiger partial charge in [0.15, 0.2) is 5.82 Å². The summed E-state index contributed by atoms with van der Waals surface area (Å²) in [7, 11) is 0. The first-order chi connectivity index (χ1) is 14.7. The van der Waals surface area contributed by atoms with Gasteiger partial charge < -0.3 is 5.32 Å². The minimum Gasteiger partial charge on any atom is -0.307 e. The molecule has 5 rings (SSSR count). The Morgan fingerprint density at radius 3 is 2.53 bits per heavy atom. The van der Waals surface area contributed by atoms with Crippen LogP contribution in [0.4, 0.5) is 11.8 Å². The van der Waals surface area contributed by atoms with E-state index in [9.17, 15) is 0 Å². The third-order valence-electron chi connectivity index (χ3n) is 4.84. The lowest BCUT2D eigenvalue weighted by Gasteiger charge is -2.10. The summed E-state index contributed by atoms with van der Waals surface area (Å²) < 4.78 is 0. The average molecular weight is 413 g/mol. The van der Waals surface area contributed by atoms with E-state index in [-0.39, 0.29) is 0 Å². The number of aromatic nitrogens is 5. The lowest BCUT2D eigenvalue weighted by atomic mass is 10.1. The highest BCUT2D eigenvalue weighted by molar-refractivity contribution is 6.33. The van der Waals surface area contributed by atoms with Crippen LogP contribution >= 0.6 is 11.6 Å². The predicted molar refractivity (Wildman–Crippen MR) is 120 cm³/mol. The average Bonchev–Trinajstić information content (AvgIpc) is 3.18. The molecular formula is C23H17ClN6. The monoisotopic (exact) mass is 412 g/mol. The first-order valence-corrected chi connectivity index (χ1v) is 9.83. The fourth-order valence-electron chi connectivity index (χ4n) is 3.34. The van der Waals surface area contributed by atoms with Gasteiger partial charge >= 0.3 is 0 Å². The van der Waals surface area contributed by atoms with Crippen molar-refractivity contribution in [3.8, 4) is 22.6 Å².